The molecule has 2 aromatic rings. The van der Waals surface area contributed by atoms with Crippen LogP contribution in [0.1, 0.15) is 16.1 Å². The maximum atomic E-state index is 11.8. The van der Waals surface area contributed by atoms with Gasteiger partial charge in [-0.15, -0.1) is 0 Å². The van der Waals surface area contributed by atoms with Gasteiger partial charge in [0.1, 0.15) is 11.4 Å². The highest BCUT2D eigenvalue weighted by Gasteiger charge is 2.07. The maximum Gasteiger partial charge on any atom is 0.271 e. The van der Waals surface area contributed by atoms with E-state index in [4.69, 9.17) is 4.74 Å². The van der Waals surface area contributed by atoms with Crippen molar-refractivity contribution in [3.05, 3.63) is 58.0 Å². The van der Waals surface area contributed by atoms with Crippen LogP contribution in [-0.4, -0.2) is 42.2 Å². The van der Waals surface area contributed by atoms with E-state index in [1.165, 1.54) is 12.1 Å². The molecule has 126 valence electrons. The number of nitrogens with zero attached hydrogens (tertiary/aromatic N) is 1. The smallest absolute Gasteiger partial charge is 0.271 e. The highest BCUT2D eigenvalue weighted by Crippen LogP contribution is 2.11. The van der Waals surface area contributed by atoms with Crippen LogP contribution in [0.15, 0.2) is 41.2 Å². The van der Waals surface area contributed by atoms with Crippen LogP contribution in [0, 0.1) is 0 Å². The molecule has 0 fully saturated rings. The van der Waals surface area contributed by atoms with Crippen molar-refractivity contribution >= 4 is 11.8 Å². The minimum absolute atomic E-state index is 0.110. The molecular weight excluding hydrogens is 312 g/mol. The molecule has 0 saturated heterocycles. The highest BCUT2D eigenvalue weighted by molar-refractivity contribution is 5.92. The van der Waals surface area contributed by atoms with Gasteiger partial charge < -0.3 is 15.4 Å². The first kappa shape index (κ1) is 17.2. The lowest BCUT2D eigenvalue weighted by molar-refractivity contribution is -0.120. The number of amides is 2. The molecule has 0 saturated carbocycles. The molecule has 0 radical (unpaired) electrons. The molecule has 0 bridgehead atoms. The predicted octanol–water partition coefficient (Wildman–Crippen LogP) is -0.133. The molecule has 0 aliphatic carbocycles. The van der Waals surface area contributed by atoms with E-state index >= 15 is 0 Å². The zero-order valence-corrected chi connectivity index (χ0v) is 13.2. The lowest BCUT2D eigenvalue weighted by Gasteiger charge is -2.07. The summed E-state index contributed by atoms with van der Waals surface area (Å²) < 4.78 is 5.05. The Morgan fingerprint density at radius 2 is 1.79 bits per heavy atom. The standard InChI is InChI=1S/C16H18N4O4/c1-24-12-4-2-11(3-5-12)10-15(22)17-8-9-18-16(23)13-6-7-14(21)20-19-13/h2-7H,8-10H2,1H3,(H,17,22)(H,18,23)(H,20,21). The maximum absolute atomic E-state index is 11.8. The Hall–Kier alpha value is -3.16. The van der Waals surface area contributed by atoms with Gasteiger partial charge >= 0.3 is 0 Å². The van der Waals surface area contributed by atoms with Crippen molar-refractivity contribution in [2.24, 2.45) is 0 Å². The SMILES string of the molecule is COc1ccc(CC(=O)NCCNC(=O)c2ccc(=O)[nH]n2)cc1. The first-order valence-electron chi connectivity index (χ1n) is 7.32. The van der Waals surface area contributed by atoms with Crippen molar-refractivity contribution in [3.63, 3.8) is 0 Å². The van der Waals surface area contributed by atoms with Gasteiger partial charge in [0.05, 0.1) is 13.5 Å². The lowest BCUT2D eigenvalue weighted by Crippen LogP contribution is -2.35. The van der Waals surface area contributed by atoms with E-state index in [9.17, 15) is 14.4 Å². The Morgan fingerprint density at radius 3 is 2.42 bits per heavy atom. The summed E-state index contributed by atoms with van der Waals surface area (Å²) in [7, 11) is 1.58. The Kier molecular flexibility index (Phi) is 6.07. The Bertz CT molecular complexity index is 735. The summed E-state index contributed by atoms with van der Waals surface area (Å²) in [6, 6.07) is 9.78. The van der Waals surface area contributed by atoms with Gasteiger partial charge in [-0.2, -0.15) is 5.10 Å². The molecule has 2 amide bonds. The number of hydrogen-bond acceptors (Lipinski definition) is 5. The van der Waals surface area contributed by atoms with E-state index in [0.717, 1.165) is 11.3 Å². The number of H-pyrrole nitrogens is 1. The van der Waals surface area contributed by atoms with Crippen molar-refractivity contribution < 1.29 is 14.3 Å². The van der Waals surface area contributed by atoms with Gasteiger partial charge in [-0.25, -0.2) is 5.10 Å². The largest absolute Gasteiger partial charge is 0.497 e. The highest BCUT2D eigenvalue weighted by atomic mass is 16.5. The molecule has 0 aliphatic rings. The van der Waals surface area contributed by atoms with Gasteiger partial charge in [-0.3, -0.25) is 14.4 Å². The molecule has 0 atom stereocenters. The molecular formula is C16H18N4O4. The summed E-state index contributed by atoms with van der Waals surface area (Å²) in [6.45, 7) is 0.554. The number of rotatable bonds is 7. The third-order valence-electron chi connectivity index (χ3n) is 3.17. The van der Waals surface area contributed by atoms with E-state index in [1.54, 1.807) is 19.2 Å². The molecule has 0 aliphatic heterocycles. The second-order valence-corrected chi connectivity index (χ2v) is 4.94. The van der Waals surface area contributed by atoms with Crippen molar-refractivity contribution in [2.45, 2.75) is 6.42 Å². The average molecular weight is 330 g/mol. The van der Waals surface area contributed by atoms with E-state index in [-0.39, 0.29) is 30.1 Å². The van der Waals surface area contributed by atoms with Crippen LogP contribution in [0.2, 0.25) is 0 Å². The molecule has 2 rings (SSSR count). The minimum atomic E-state index is -0.421. The lowest BCUT2D eigenvalue weighted by atomic mass is 10.1. The van der Waals surface area contributed by atoms with Crippen molar-refractivity contribution in [3.8, 4) is 5.75 Å². The third-order valence-corrected chi connectivity index (χ3v) is 3.17. The minimum Gasteiger partial charge on any atom is -0.497 e. The average Bonchev–Trinajstić information content (AvgIpc) is 2.60. The van der Waals surface area contributed by atoms with Crippen LogP contribution in [-0.2, 0) is 11.2 Å². The molecule has 3 N–H and O–H groups in total. The van der Waals surface area contributed by atoms with Gasteiger partial charge in [-0.1, -0.05) is 12.1 Å². The Morgan fingerprint density at radius 1 is 1.08 bits per heavy atom. The Labute approximate surface area is 138 Å². The number of nitrogens with one attached hydrogen (secondary N) is 3. The molecule has 8 nitrogen and oxygen atoms in total. The molecule has 0 unspecified atom stereocenters. The second kappa shape index (κ2) is 8.47. The number of carbonyl (C=O) groups excluding carboxylic acids is 2. The van der Waals surface area contributed by atoms with E-state index in [0.29, 0.717) is 6.54 Å². The predicted molar refractivity (Wildman–Crippen MR) is 86.9 cm³/mol. The van der Waals surface area contributed by atoms with Gasteiger partial charge in [-0.05, 0) is 23.8 Å². The summed E-state index contributed by atoms with van der Waals surface area (Å²) >= 11 is 0. The molecule has 0 spiro atoms. The molecule has 24 heavy (non-hydrogen) atoms. The Balaban J connectivity index is 1.69. The van der Waals surface area contributed by atoms with E-state index in [1.807, 2.05) is 12.1 Å². The molecule has 1 aromatic heterocycles. The van der Waals surface area contributed by atoms with E-state index < -0.39 is 5.91 Å². The van der Waals surface area contributed by atoms with Gasteiger partial charge in [0.2, 0.25) is 5.91 Å². The number of hydrogen-bond donors (Lipinski definition) is 3. The fourth-order valence-electron chi connectivity index (χ4n) is 1.93. The van der Waals surface area contributed by atoms with E-state index in [2.05, 4.69) is 20.8 Å². The fraction of sp³-hybridized carbons (Fsp3) is 0.250. The fourth-order valence-corrected chi connectivity index (χ4v) is 1.93. The first-order valence-corrected chi connectivity index (χ1v) is 7.32. The van der Waals surface area contributed by atoms with Gasteiger partial charge in [0.25, 0.3) is 11.5 Å². The van der Waals surface area contributed by atoms with Gasteiger partial charge in [0, 0.05) is 19.2 Å². The summed E-state index contributed by atoms with van der Waals surface area (Å²) in [5.74, 6) is 0.171. The monoisotopic (exact) mass is 330 g/mol. The van der Waals surface area contributed by atoms with Crippen molar-refractivity contribution in [1.82, 2.24) is 20.8 Å². The van der Waals surface area contributed by atoms with Crippen LogP contribution >= 0.6 is 0 Å². The molecule has 1 aromatic carbocycles. The number of methoxy groups -OCH3 is 1. The zero-order valence-electron chi connectivity index (χ0n) is 13.2. The van der Waals surface area contributed by atoms with Crippen LogP contribution < -0.4 is 20.9 Å². The number of carbonyl (C=O) groups is 2. The number of aromatic amines is 1. The summed E-state index contributed by atoms with van der Waals surface area (Å²) in [5, 5.41) is 11.1. The normalized spacial score (nSPS) is 10.0. The topological polar surface area (TPSA) is 113 Å². The molecule has 1 heterocycles. The van der Waals surface area contributed by atoms with Crippen molar-refractivity contribution in [1.29, 1.82) is 0 Å². The summed E-state index contributed by atoms with van der Waals surface area (Å²) in [5.41, 5.74) is 0.603. The van der Waals surface area contributed by atoms with Crippen LogP contribution in [0.3, 0.4) is 0 Å². The summed E-state index contributed by atoms with van der Waals surface area (Å²) in [4.78, 5) is 34.4. The summed E-state index contributed by atoms with van der Waals surface area (Å²) in [6.07, 6.45) is 0.249. The third kappa shape index (κ3) is 5.24. The quantitative estimate of drug-likeness (QED) is 0.612. The van der Waals surface area contributed by atoms with Crippen LogP contribution in [0.25, 0.3) is 0 Å². The van der Waals surface area contributed by atoms with Crippen LogP contribution in [0.4, 0.5) is 0 Å². The van der Waals surface area contributed by atoms with Gasteiger partial charge in [0.15, 0.2) is 0 Å². The molecule has 8 heteroatoms. The number of ether oxygens (including phenoxy) is 1. The number of benzene rings is 1. The van der Waals surface area contributed by atoms with Crippen LogP contribution in [0.5, 0.6) is 5.75 Å². The zero-order chi connectivity index (χ0) is 17.4. The first-order chi connectivity index (χ1) is 11.6. The van der Waals surface area contributed by atoms with Crippen molar-refractivity contribution in [2.75, 3.05) is 20.2 Å². The second-order valence-electron chi connectivity index (χ2n) is 4.94. The number of aromatic nitrogens is 2.